The van der Waals surface area contributed by atoms with Gasteiger partial charge < -0.3 is 0 Å². The highest BCUT2D eigenvalue weighted by Gasteiger charge is 2.04. The van der Waals surface area contributed by atoms with Crippen molar-refractivity contribution < 1.29 is 0 Å². The van der Waals surface area contributed by atoms with Gasteiger partial charge in [-0.2, -0.15) is 0 Å². The Morgan fingerprint density at radius 2 is 2.17 bits per heavy atom. The number of hydrogen-bond acceptors (Lipinski definition) is 2. The van der Waals surface area contributed by atoms with Crippen LogP contribution in [0.25, 0.3) is 10.1 Å². The Bertz CT molecular complexity index is 436. The molecule has 0 bridgehead atoms. The first kappa shape index (κ1) is 9.30. The van der Waals surface area contributed by atoms with Crippen LogP contribution < -0.4 is 0 Å². The Kier molecular flexibility index (Phi) is 2.69. The van der Waals surface area contributed by atoms with Gasteiger partial charge in [-0.05, 0) is 50.7 Å². The molecule has 0 aliphatic carbocycles. The van der Waals surface area contributed by atoms with E-state index in [0.717, 1.165) is 4.90 Å². The Morgan fingerprint density at radius 1 is 1.42 bits per heavy atom. The molecular formula is C8H4BrIS2. The van der Waals surface area contributed by atoms with E-state index in [9.17, 15) is 0 Å². The summed E-state index contributed by atoms with van der Waals surface area (Å²) in [7, 11) is 0. The second-order valence-electron chi connectivity index (χ2n) is 2.38. The molecule has 0 amide bonds. The van der Waals surface area contributed by atoms with Gasteiger partial charge in [-0.1, -0.05) is 0 Å². The van der Waals surface area contributed by atoms with Crippen LogP contribution in [-0.4, -0.2) is 0 Å². The van der Waals surface area contributed by atoms with Crippen molar-refractivity contribution in [3.8, 4) is 0 Å². The smallest absolute Gasteiger partial charge is 0.0366 e. The fourth-order valence-electron chi connectivity index (χ4n) is 1.01. The molecule has 1 aromatic carbocycles. The monoisotopic (exact) mass is 370 g/mol. The second-order valence-corrected chi connectivity index (χ2v) is 5.79. The summed E-state index contributed by atoms with van der Waals surface area (Å²) in [6.07, 6.45) is 0. The van der Waals surface area contributed by atoms with Gasteiger partial charge >= 0.3 is 0 Å². The van der Waals surface area contributed by atoms with Gasteiger partial charge in [0, 0.05) is 28.4 Å². The lowest BCUT2D eigenvalue weighted by Crippen LogP contribution is -1.73. The summed E-state index contributed by atoms with van der Waals surface area (Å²) >= 11 is 11.9. The third-order valence-electron chi connectivity index (χ3n) is 1.60. The summed E-state index contributed by atoms with van der Waals surface area (Å²) in [4.78, 5) is 1.05. The summed E-state index contributed by atoms with van der Waals surface area (Å²) in [6, 6.07) is 4.26. The number of hydrogen-bond donors (Lipinski definition) is 1. The molecule has 0 unspecified atom stereocenters. The van der Waals surface area contributed by atoms with Crippen molar-refractivity contribution in [2.24, 2.45) is 0 Å². The van der Waals surface area contributed by atoms with E-state index in [0.29, 0.717) is 0 Å². The first-order chi connectivity index (χ1) is 5.68. The molecule has 0 saturated heterocycles. The second kappa shape index (κ2) is 3.48. The molecule has 0 saturated carbocycles. The van der Waals surface area contributed by atoms with Gasteiger partial charge in [-0.15, -0.1) is 24.0 Å². The third kappa shape index (κ3) is 1.54. The van der Waals surface area contributed by atoms with Gasteiger partial charge in [0.15, 0.2) is 0 Å². The van der Waals surface area contributed by atoms with Gasteiger partial charge in [-0.3, -0.25) is 0 Å². The highest BCUT2D eigenvalue weighted by atomic mass is 127. The Morgan fingerprint density at radius 3 is 2.92 bits per heavy atom. The highest BCUT2D eigenvalue weighted by Crippen LogP contribution is 2.33. The molecule has 1 aromatic heterocycles. The van der Waals surface area contributed by atoms with Crippen molar-refractivity contribution in [3.05, 3.63) is 25.6 Å². The maximum Gasteiger partial charge on any atom is 0.0366 e. The zero-order valence-corrected chi connectivity index (χ0v) is 11.3. The summed E-state index contributed by atoms with van der Waals surface area (Å²) < 4.78 is 3.66. The summed E-state index contributed by atoms with van der Waals surface area (Å²) in [5, 5.41) is 3.38. The average Bonchev–Trinajstić information content (AvgIpc) is 2.35. The summed E-state index contributed by atoms with van der Waals surface area (Å²) in [5.41, 5.74) is 0. The Labute approximate surface area is 102 Å². The van der Waals surface area contributed by atoms with Crippen LogP contribution in [0.4, 0.5) is 0 Å². The van der Waals surface area contributed by atoms with Gasteiger partial charge in [0.05, 0.1) is 0 Å². The van der Waals surface area contributed by atoms with E-state index in [2.05, 4.69) is 68.7 Å². The van der Waals surface area contributed by atoms with E-state index in [4.69, 9.17) is 0 Å². The summed E-state index contributed by atoms with van der Waals surface area (Å²) in [5.74, 6) is 0. The van der Waals surface area contributed by atoms with Crippen molar-refractivity contribution in [2.45, 2.75) is 4.90 Å². The number of halogens is 2. The van der Waals surface area contributed by atoms with Crippen LogP contribution in [0.2, 0.25) is 0 Å². The van der Waals surface area contributed by atoms with Crippen LogP contribution in [0, 0.1) is 3.57 Å². The number of fused-ring (bicyclic) bond motifs is 1. The van der Waals surface area contributed by atoms with Crippen molar-refractivity contribution >= 4 is 72.6 Å². The zero-order chi connectivity index (χ0) is 8.72. The van der Waals surface area contributed by atoms with E-state index >= 15 is 0 Å². The maximum absolute atomic E-state index is 4.37. The first-order valence-corrected chi connectivity index (χ1v) is 6.43. The SMILES string of the molecule is Sc1cc2scc(Br)c2cc1I. The quantitative estimate of drug-likeness (QED) is 0.510. The first-order valence-electron chi connectivity index (χ1n) is 3.23. The van der Waals surface area contributed by atoms with Crippen LogP contribution in [0.3, 0.4) is 0 Å². The topological polar surface area (TPSA) is 0 Å². The molecule has 0 aliphatic heterocycles. The Hall–Kier alpha value is 0.740. The predicted molar refractivity (Wildman–Crippen MR) is 69.5 cm³/mol. The molecule has 0 atom stereocenters. The molecule has 62 valence electrons. The fourth-order valence-corrected chi connectivity index (χ4v) is 3.33. The normalized spacial score (nSPS) is 10.9. The van der Waals surface area contributed by atoms with Crippen LogP contribution in [0.15, 0.2) is 26.9 Å². The van der Waals surface area contributed by atoms with Crippen molar-refractivity contribution in [1.82, 2.24) is 0 Å². The third-order valence-corrected chi connectivity index (χ3v) is 5.19. The number of thiophene rings is 1. The minimum absolute atomic E-state index is 1.05. The molecule has 0 aliphatic rings. The van der Waals surface area contributed by atoms with Crippen molar-refractivity contribution in [2.75, 3.05) is 0 Å². The number of benzene rings is 1. The number of rotatable bonds is 0. The molecule has 1 heterocycles. The van der Waals surface area contributed by atoms with Crippen molar-refractivity contribution in [3.63, 3.8) is 0 Å². The lowest BCUT2D eigenvalue weighted by Gasteiger charge is -1.96. The highest BCUT2D eigenvalue weighted by molar-refractivity contribution is 14.1. The van der Waals surface area contributed by atoms with E-state index in [1.54, 1.807) is 11.3 Å². The minimum Gasteiger partial charge on any atom is -0.143 e. The van der Waals surface area contributed by atoms with E-state index in [1.807, 2.05) is 0 Å². The molecule has 0 nitrogen and oxygen atoms in total. The van der Waals surface area contributed by atoms with Gasteiger partial charge in [0.1, 0.15) is 0 Å². The molecule has 0 N–H and O–H groups in total. The van der Waals surface area contributed by atoms with Gasteiger partial charge in [0.2, 0.25) is 0 Å². The van der Waals surface area contributed by atoms with Crippen molar-refractivity contribution in [1.29, 1.82) is 0 Å². The number of thiol groups is 1. The van der Waals surface area contributed by atoms with Gasteiger partial charge in [0.25, 0.3) is 0 Å². The molecule has 0 fully saturated rings. The fraction of sp³-hybridized carbons (Fsp3) is 0. The van der Waals surface area contributed by atoms with E-state index in [1.165, 1.54) is 18.1 Å². The molecule has 4 heteroatoms. The van der Waals surface area contributed by atoms with E-state index < -0.39 is 0 Å². The molecule has 12 heavy (non-hydrogen) atoms. The minimum atomic E-state index is 1.05. The molecule has 0 spiro atoms. The predicted octanol–water partition coefficient (Wildman–Crippen LogP) is 4.56. The molecule has 2 aromatic rings. The lowest BCUT2D eigenvalue weighted by atomic mass is 10.3. The van der Waals surface area contributed by atoms with Crippen LogP contribution in [0.5, 0.6) is 0 Å². The lowest BCUT2D eigenvalue weighted by molar-refractivity contribution is 1.47. The largest absolute Gasteiger partial charge is 0.143 e. The standard InChI is InChI=1S/C8H4BrIS2/c9-5-3-12-8-2-7(11)6(10)1-4(5)8/h1-3,11H. The summed E-state index contributed by atoms with van der Waals surface area (Å²) in [6.45, 7) is 0. The average molecular weight is 371 g/mol. The zero-order valence-electron chi connectivity index (χ0n) is 5.84. The molecule has 2 rings (SSSR count). The molecular weight excluding hydrogens is 367 g/mol. The van der Waals surface area contributed by atoms with Crippen LogP contribution in [-0.2, 0) is 0 Å². The molecule has 0 radical (unpaired) electrons. The van der Waals surface area contributed by atoms with Crippen LogP contribution >= 0.6 is 62.5 Å². The van der Waals surface area contributed by atoms with Crippen LogP contribution in [0.1, 0.15) is 0 Å². The van der Waals surface area contributed by atoms with Gasteiger partial charge in [-0.25, -0.2) is 0 Å². The van der Waals surface area contributed by atoms with E-state index in [-0.39, 0.29) is 0 Å². The maximum atomic E-state index is 4.37. The Balaban J connectivity index is 2.87.